The van der Waals surface area contributed by atoms with Crippen LogP contribution in [0.15, 0.2) is 0 Å². The van der Waals surface area contributed by atoms with Gasteiger partial charge in [0.1, 0.15) is 0 Å². The molecule has 0 aromatic rings. The summed E-state index contributed by atoms with van der Waals surface area (Å²) in [7, 11) is 0. The Morgan fingerprint density at radius 2 is 2.45 bits per heavy atom. The predicted octanol–water partition coefficient (Wildman–Crippen LogP) is 0.0559. The van der Waals surface area contributed by atoms with Crippen molar-refractivity contribution in [2.24, 2.45) is 5.73 Å². The van der Waals surface area contributed by atoms with E-state index in [0.717, 1.165) is 32.8 Å². The van der Waals surface area contributed by atoms with Crippen LogP contribution >= 0.6 is 0 Å². The molecule has 0 aromatic heterocycles. The van der Waals surface area contributed by atoms with Gasteiger partial charge in [-0.05, 0) is 13.3 Å². The molecule has 1 heterocycles. The van der Waals surface area contributed by atoms with Crippen LogP contribution in [0.25, 0.3) is 0 Å². The summed E-state index contributed by atoms with van der Waals surface area (Å²) in [5, 5.41) is 0. The van der Waals surface area contributed by atoms with Gasteiger partial charge in [0, 0.05) is 32.8 Å². The van der Waals surface area contributed by atoms with E-state index in [-0.39, 0.29) is 0 Å². The van der Waals surface area contributed by atoms with E-state index in [1.165, 1.54) is 6.42 Å². The zero-order chi connectivity index (χ0) is 8.10. The second-order valence-electron chi connectivity index (χ2n) is 2.96. The van der Waals surface area contributed by atoms with Crippen LogP contribution in [0.4, 0.5) is 0 Å². The molecule has 0 aliphatic carbocycles. The average molecular weight is 158 g/mol. The molecule has 0 spiro atoms. The summed E-state index contributed by atoms with van der Waals surface area (Å²) in [5.74, 6) is 0. The molecule has 3 nitrogen and oxygen atoms in total. The van der Waals surface area contributed by atoms with Crippen molar-refractivity contribution in [1.82, 2.24) is 4.90 Å². The minimum absolute atomic E-state index is 0.464. The van der Waals surface area contributed by atoms with Gasteiger partial charge in [0.2, 0.25) is 0 Å². The van der Waals surface area contributed by atoms with Gasteiger partial charge in [0.15, 0.2) is 0 Å². The van der Waals surface area contributed by atoms with Gasteiger partial charge < -0.3 is 10.5 Å². The van der Waals surface area contributed by atoms with Crippen LogP contribution in [-0.2, 0) is 4.74 Å². The van der Waals surface area contributed by atoms with Crippen LogP contribution in [0.5, 0.6) is 0 Å². The molecule has 0 aromatic carbocycles. The Hall–Kier alpha value is -0.120. The summed E-state index contributed by atoms with van der Waals surface area (Å²) in [6, 6.07) is 0. The lowest BCUT2D eigenvalue weighted by atomic mass is 10.3. The SMILES string of the molecule is CCOC1CCN(CCN)C1. The van der Waals surface area contributed by atoms with E-state index in [4.69, 9.17) is 10.5 Å². The molecule has 11 heavy (non-hydrogen) atoms. The van der Waals surface area contributed by atoms with E-state index in [0.29, 0.717) is 6.10 Å². The van der Waals surface area contributed by atoms with Gasteiger partial charge in [-0.2, -0.15) is 0 Å². The van der Waals surface area contributed by atoms with Crippen molar-refractivity contribution < 1.29 is 4.74 Å². The fourth-order valence-corrected chi connectivity index (χ4v) is 1.55. The number of nitrogens with two attached hydrogens (primary N) is 1. The van der Waals surface area contributed by atoms with Crippen molar-refractivity contribution in [1.29, 1.82) is 0 Å². The molecule has 1 unspecified atom stereocenters. The molecule has 1 atom stereocenters. The van der Waals surface area contributed by atoms with E-state index < -0.39 is 0 Å². The summed E-state index contributed by atoms with van der Waals surface area (Å²) in [6.07, 6.45) is 1.64. The molecule has 1 aliphatic heterocycles. The molecular weight excluding hydrogens is 140 g/mol. The molecule has 3 heteroatoms. The first-order valence-electron chi connectivity index (χ1n) is 4.40. The number of likely N-dealkylation sites (tertiary alicyclic amines) is 1. The van der Waals surface area contributed by atoms with Crippen LogP contribution in [0, 0.1) is 0 Å². The maximum atomic E-state index is 5.50. The quantitative estimate of drug-likeness (QED) is 0.628. The Bertz CT molecular complexity index is 96.3. The third-order valence-electron chi connectivity index (χ3n) is 2.08. The van der Waals surface area contributed by atoms with E-state index in [1.807, 2.05) is 6.92 Å². The van der Waals surface area contributed by atoms with Gasteiger partial charge in [-0.1, -0.05) is 0 Å². The van der Waals surface area contributed by atoms with E-state index in [9.17, 15) is 0 Å². The molecule has 0 saturated carbocycles. The van der Waals surface area contributed by atoms with Crippen molar-refractivity contribution >= 4 is 0 Å². The number of rotatable bonds is 4. The molecule has 2 N–H and O–H groups in total. The van der Waals surface area contributed by atoms with Gasteiger partial charge in [-0.25, -0.2) is 0 Å². The van der Waals surface area contributed by atoms with E-state index >= 15 is 0 Å². The van der Waals surface area contributed by atoms with Crippen molar-refractivity contribution in [2.75, 3.05) is 32.8 Å². The Balaban J connectivity index is 2.12. The molecule has 0 bridgehead atoms. The predicted molar refractivity (Wildman–Crippen MR) is 45.5 cm³/mol. The van der Waals surface area contributed by atoms with Gasteiger partial charge in [0.25, 0.3) is 0 Å². The molecule has 0 amide bonds. The number of ether oxygens (including phenoxy) is 1. The Morgan fingerprint density at radius 1 is 1.64 bits per heavy atom. The second-order valence-corrected chi connectivity index (χ2v) is 2.96. The maximum Gasteiger partial charge on any atom is 0.0714 e. The van der Waals surface area contributed by atoms with E-state index in [2.05, 4.69) is 4.90 Å². The maximum absolute atomic E-state index is 5.50. The highest BCUT2D eigenvalue weighted by Gasteiger charge is 2.21. The van der Waals surface area contributed by atoms with Crippen LogP contribution in [0.2, 0.25) is 0 Å². The highest BCUT2D eigenvalue weighted by atomic mass is 16.5. The van der Waals surface area contributed by atoms with Gasteiger partial charge in [-0.15, -0.1) is 0 Å². The summed E-state index contributed by atoms with van der Waals surface area (Å²) < 4.78 is 5.50. The van der Waals surface area contributed by atoms with Crippen molar-refractivity contribution in [3.63, 3.8) is 0 Å². The molecular formula is C8H18N2O. The minimum Gasteiger partial charge on any atom is -0.377 e. The van der Waals surface area contributed by atoms with Crippen LogP contribution in [-0.4, -0.2) is 43.8 Å². The topological polar surface area (TPSA) is 38.5 Å². The Kier molecular flexibility index (Phi) is 3.83. The molecule has 1 aliphatic rings. The molecule has 0 radical (unpaired) electrons. The van der Waals surface area contributed by atoms with Crippen LogP contribution in [0.3, 0.4) is 0 Å². The third-order valence-corrected chi connectivity index (χ3v) is 2.08. The number of nitrogens with zero attached hydrogens (tertiary/aromatic N) is 1. The zero-order valence-corrected chi connectivity index (χ0v) is 7.25. The number of hydrogen-bond donors (Lipinski definition) is 1. The minimum atomic E-state index is 0.464. The largest absolute Gasteiger partial charge is 0.377 e. The highest BCUT2D eigenvalue weighted by molar-refractivity contribution is 4.75. The van der Waals surface area contributed by atoms with Crippen molar-refractivity contribution in [2.45, 2.75) is 19.4 Å². The Labute approximate surface area is 68.5 Å². The van der Waals surface area contributed by atoms with Gasteiger partial charge in [0.05, 0.1) is 6.10 Å². The van der Waals surface area contributed by atoms with Crippen molar-refractivity contribution in [3.05, 3.63) is 0 Å². The molecule has 1 rings (SSSR count). The van der Waals surface area contributed by atoms with E-state index in [1.54, 1.807) is 0 Å². The average Bonchev–Trinajstić information content (AvgIpc) is 2.38. The molecule has 66 valence electrons. The van der Waals surface area contributed by atoms with Crippen LogP contribution < -0.4 is 5.73 Å². The Morgan fingerprint density at radius 3 is 3.09 bits per heavy atom. The third kappa shape index (κ3) is 2.77. The smallest absolute Gasteiger partial charge is 0.0714 e. The lowest BCUT2D eigenvalue weighted by Crippen LogP contribution is -2.28. The van der Waals surface area contributed by atoms with Crippen LogP contribution in [0.1, 0.15) is 13.3 Å². The first-order valence-corrected chi connectivity index (χ1v) is 4.40. The molecule has 1 fully saturated rings. The summed E-state index contributed by atoms with van der Waals surface area (Å²) in [5.41, 5.74) is 5.45. The van der Waals surface area contributed by atoms with Crippen molar-refractivity contribution in [3.8, 4) is 0 Å². The fraction of sp³-hybridized carbons (Fsp3) is 1.00. The first-order chi connectivity index (χ1) is 5.36. The lowest BCUT2D eigenvalue weighted by molar-refractivity contribution is 0.0692. The first kappa shape index (κ1) is 8.97. The normalized spacial score (nSPS) is 26.2. The monoisotopic (exact) mass is 158 g/mol. The lowest BCUT2D eigenvalue weighted by Gasteiger charge is -2.13. The fourth-order valence-electron chi connectivity index (χ4n) is 1.55. The van der Waals surface area contributed by atoms with Gasteiger partial charge in [-0.3, -0.25) is 4.90 Å². The molecule has 1 saturated heterocycles. The highest BCUT2D eigenvalue weighted by Crippen LogP contribution is 2.11. The summed E-state index contributed by atoms with van der Waals surface area (Å²) in [6.45, 7) is 6.89. The number of hydrogen-bond acceptors (Lipinski definition) is 3. The summed E-state index contributed by atoms with van der Waals surface area (Å²) >= 11 is 0. The standard InChI is InChI=1S/C8H18N2O/c1-2-11-8-3-5-10(7-8)6-4-9/h8H,2-7,9H2,1H3. The van der Waals surface area contributed by atoms with Gasteiger partial charge >= 0.3 is 0 Å². The summed E-state index contributed by atoms with van der Waals surface area (Å²) in [4.78, 5) is 2.36. The second kappa shape index (κ2) is 4.70. The zero-order valence-electron chi connectivity index (χ0n) is 7.25.